The molecule has 0 fully saturated rings. The van der Waals surface area contributed by atoms with Gasteiger partial charge in [0.25, 0.3) is 0 Å². The summed E-state index contributed by atoms with van der Waals surface area (Å²) in [5, 5.41) is 0. The molecule has 0 saturated carbocycles. The molecule has 0 aliphatic carbocycles. The van der Waals surface area contributed by atoms with Gasteiger partial charge in [0.05, 0.1) is 0 Å². The maximum Gasteiger partial charge on any atom is 0 e. The SMILES string of the molecule is [Al].[Cu].[Pb].[Zn]. The van der Waals surface area contributed by atoms with Gasteiger partial charge in [-0.15, -0.1) is 0 Å². The van der Waals surface area contributed by atoms with E-state index in [2.05, 4.69) is 0 Å². The third-order valence-corrected chi connectivity index (χ3v) is 0. The third kappa shape index (κ3) is 8.82. The quantitative estimate of drug-likeness (QED) is 0.497. The first-order valence-electron chi connectivity index (χ1n) is 0. The van der Waals surface area contributed by atoms with Gasteiger partial charge < -0.3 is 0 Å². The van der Waals surface area contributed by atoms with E-state index in [1.807, 2.05) is 0 Å². The largest absolute Gasteiger partial charge is 0 e. The van der Waals surface area contributed by atoms with Gasteiger partial charge in [-0.1, -0.05) is 0 Å². The first-order chi connectivity index (χ1) is 0. The molecule has 0 heterocycles. The van der Waals surface area contributed by atoms with Crippen LogP contribution in [-0.2, 0) is 36.5 Å². The van der Waals surface area contributed by atoms with Crippen molar-refractivity contribution in [2.24, 2.45) is 0 Å². The van der Waals surface area contributed by atoms with Crippen molar-refractivity contribution in [3.8, 4) is 0 Å². The summed E-state index contributed by atoms with van der Waals surface area (Å²) in [6.45, 7) is 0. The smallest absolute Gasteiger partial charge is 0 e. The molecule has 20 valence electrons. The Kier molecular flexibility index (Phi) is 134. The maximum atomic E-state index is 0. The predicted octanol–water partition coefficient (Wildman–Crippen LogP) is -0.767. The fraction of sp³-hybridized carbons (Fsp3) is 0. The first-order valence-corrected chi connectivity index (χ1v) is 0. The Morgan fingerprint density at radius 1 is 1.00 bits per heavy atom. The maximum absolute atomic E-state index is 0. The van der Waals surface area contributed by atoms with Crippen molar-refractivity contribution in [3.63, 3.8) is 0 Å². The zero-order valence-corrected chi connectivity index (χ0v) is 11.0. The van der Waals surface area contributed by atoms with E-state index in [9.17, 15) is 0 Å². The summed E-state index contributed by atoms with van der Waals surface area (Å²) in [7, 11) is 0. The minimum absolute atomic E-state index is 0. The van der Waals surface area contributed by atoms with Crippen LogP contribution in [0.2, 0.25) is 0 Å². The molecule has 0 rings (SSSR count). The first kappa shape index (κ1) is 30.6. The van der Waals surface area contributed by atoms with Gasteiger partial charge in [-0.3, -0.25) is 0 Å². The summed E-state index contributed by atoms with van der Waals surface area (Å²) in [6.07, 6.45) is 0. The molecule has 8 radical (unpaired) electrons. The van der Waals surface area contributed by atoms with Crippen LogP contribution in [0.25, 0.3) is 0 Å². The molecule has 0 aromatic rings. The van der Waals surface area contributed by atoms with Crippen LogP contribution in [-0.4, -0.2) is 44.7 Å². The number of hydrogen-bond donors (Lipinski definition) is 0. The van der Waals surface area contributed by atoms with Gasteiger partial charge in [0.1, 0.15) is 0 Å². The molecule has 0 nitrogen and oxygen atoms in total. The summed E-state index contributed by atoms with van der Waals surface area (Å²) in [5.74, 6) is 0. The van der Waals surface area contributed by atoms with E-state index < -0.39 is 0 Å². The normalized spacial score (nSPS) is 0. The average Bonchev–Trinajstić information content (AvgIpc) is 0. The Morgan fingerprint density at radius 3 is 1.00 bits per heavy atom. The fourth-order valence-corrected chi connectivity index (χ4v) is 0. The van der Waals surface area contributed by atoms with E-state index in [0.717, 1.165) is 0 Å². The Bertz CT molecular complexity index is 8.00. The van der Waals surface area contributed by atoms with Crippen LogP contribution in [0.15, 0.2) is 0 Å². The minimum atomic E-state index is 0. The van der Waals surface area contributed by atoms with Crippen LogP contribution in [0.3, 0.4) is 0 Å². The van der Waals surface area contributed by atoms with Crippen LogP contribution in [0.5, 0.6) is 0 Å². The third-order valence-electron chi connectivity index (χ3n) is 0. The van der Waals surface area contributed by atoms with Crippen LogP contribution < -0.4 is 0 Å². The average molecular weight is 363 g/mol. The van der Waals surface area contributed by atoms with Crippen LogP contribution >= 0.6 is 0 Å². The summed E-state index contributed by atoms with van der Waals surface area (Å²) in [5.41, 5.74) is 0. The summed E-state index contributed by atoms with van der Waals surface area (Å²) in [6, 6.07) is 0. The van der Waals surface area contributed by atoms with E-state index in [4.69, 9.17) is 0 Å². The number of rotatable bonds is 0. The second kappa shape index (κ2) is 17.5. The van der Waals surface area contributed by atoms with E-state index in [1.54, 1.807) is 0 Å². The molecule has 0 spiro atoms. The van der Waals surface area contributed by atoms with Crippen molar-refractivity contribution < 1.29 is 36.5 Å². The molecular formula is AlCuPbZn. The van der Waals surface area contributed by atoms with Gasteiger partial charge in [-0.2, -0.15) is 0 Å². The molecular weight excluding hydrogens is 363 g/mol. The summed E-state index contributed by atoms with van der Waals surface area (Å²) in [4.78, 5) is 0. The van der Waals surface area contributed by atoms with Gasteiger partial charge in [0.15, 0.2) is 0 Å². The van der Waals surface area contributed by atoms with Crippen LogP contribution in [0.4, 0.5) is 0 Å². The van der Waals surface area contributed by atoms with Gasteiger partial charge in [-0.25, -0.2) is 0 Å². The molecule has 4 heavy (non-hydrogen) atoms. The molecule has 0 bridgehead atoms. The molecule has 0 unspecified atom stereocenters. The zero-order valence-electron chi connectivity index (χ0n) is 2.09. The standard InChI is InChI=1S/Al.Cu.Pb.Zn. The van der Waals surface area contributed by atoms with Gasteiger partial charge in [0, 0.05) is 81.2 Å². The second-order valence-electron chi connectivity index (χ2n) is 0. The Labute approximate surface area is 80.0 Å². The van der Waals surface area contributed by atoms with E-state index in [0.29, 0.717) is 0 Å². The van der Waals surface area contributed by atoms with Crippen LogP contribution in [0.1, 0.15) is 0 Å². The predicted molar refractivity (Wildman–Crippen MR) is 11.5 cm³/mol. The monoisotopic (exact) mass is 362 g/mol. The minimum Gasteiger partial charge on any atom is 0 e. The molecule has 0 aromatic carbocycles. The van der Waals surface area contributed by atoms with Crippen molar-refractivity contribution in [1.29, 1.82) is 0 Å². The van der Waals surface area contributed by atoms with Gasteiger partial charge >= 0.3 is 0 Å². The molecule has 4 heteroatoms. The molecule has 0 aliphatic rings. The molecule has 0 atom stereocenters. The Hall–Kier alpha value is 2.60. The molecule has 0 N–H and O–H groups in total. The van der Waals surface area contributed by atoms with E-state index in [-0.39, 0.29) is 81.2 Å². The van der Waals surface area contributed by atoms with Crippen LogP contribution in [0, 0.1) is 0 Å². The molecule has 0 aromatic heterocycles. The van der Waals surface area contributed by atoms with Gasteiger partial charge in [-0.05, 0) is 0 Å². The summed E-state index contributed by atoms with van der Waals surface area (Å²) >= 11 is 0. The zero-order chi connectivity index (χ0) is 0. The molecule has 0 saturated heterocycles. The summed E-state index contributed by atoms with van der Waals surface area (Å²) < 4.78 is 0. The fourth-order valence-electron chi connectivity index (χ4n) is 0. The molecule has 0 aliphatic heterocycles. The Balaban J connectivity index is 0. The topological polar surface area (TPSA) is 0 Å². The Morgan fingerprint density at radius 2 is 1.00 bits per heavy atom. The van der Waals surface area contributed by atoms with E-state index in [1.165, 1.54) is 0 Å². The van der Waals surface area contributed by atoms with E-state index >= 15 is 0 Å². The molecule has 0 amide bonds. The van der Waals surface area contributed by atoms with Gasteiger partial charge in [0.2, 0.25) is 0 Å². The van der Waals surface area contributed by atoms with Crippen molar-refractivity contribution in [1.82, 2.24) is 0 Å². The second-order valence-corrected chi connectivity index (χ2v) is 0. The van der Waals surface area contributed by atoms with Crippen molar-refractivity contribution in [3.05, 3.63) is 0 Å². The van der Waals surface area contributed by atoms with Crippen molar-refractivity contribution in [2.45, 2.75) is 0 Å². The van der Waals surface area contributed by atoms with Crippen molar-refractivity contribution >= 4 is 44.7 Å². The van der Waals surface area contributed by atoms with Crippen molar-refractivity contribution in [2.75, 3.05) is 0 Å². The number of hydrogen-bond acceptors (Lipinski definition) is 0.